The minimum atomic E-state index is 0.453. The lowest BCUT2D eigenvalue weighted by atomic mass is 9.64. The fraction of sp³-hybridized carbons (Fsp3) is 0.647. The van der Waals surface area contributed by atoms with Crippen molar-refractivity contribution in [3.8, 4) is 0 Å². The Morgan fingerprint density at radius 3 is 2.56 bits per heavy atom. The normalized spacial score (nSPS) is 24.8. The topological polar surface area (TPSA) is 12.0 Å². The quantitative estimate of drug-likeness (QED) is 0.828. The van der Waals surface area contributed by atoms with Gasteiger partial charge in [0.1, 0.15) is 0 Å². The molecule has 1 aliphatic carbocycles. The average molecular weight is 245 g/mol. The standard InChI is InChI=1S/C17H27N/c1-13-9-5-6-10-14(13)16(18-4)15-11-7-8-12-17(15,2)3/h5-6,9-10,15-16,18H,7-8,11-12H2,1-4H3. The van der Waals surface area contributed by atoms with E-state index in [0.29, 0.717) is 11.5 Å². The van der Waals surface area contributed by atoms with Crippen molar-refractivity contribution in [3.63, 3.8) is 0 Å². The Kier molecular flexibility index (Phi) is 4.11. The van der Waals surface area contributed by atoms with E-state index in [1.165, 1.54) is 36.8 Å². The van der Waals surface area contributed by atoms with Crippen LogP contribution >= 0.6 is 0 Å². The number of rotatable bonds is 3. The highest BCUT2D eigenvalue weighted by molar-refractivity contribution is 5.29. The second-order valence-electron chi connectivity index (χ2n) is 6.46. The van der Waals surface area contributed by atoms with Crippen LogP contribution in [-0.2, 0) is 0 Å². The van der Waals surface area contributed by atoms with E-state index in [2.05, 4.69) is 57.4 Å². The Bertz CT molecular complexity index is 394. The second kappa shape index (κ2) is 5.44. The second-order valence-corrected chi connectivity index (χ2v) is 6.46. The van der Waals surface area contributed by atoms with Crippen molar-refractivity contribution in [2.75, 3.05) is 7.05 Å². The van der Waals surface area contributed by atoms with Crippen LogP contribution in [0.4, 0.5) is 0 Å². The number of benzene rings is 1. The molecule has 2 rings (SSSR count). The number of nitrogens with one attached hydrogen (secondary N) is 1. The molecule has 0 heterocycles. The molecule has 2 atom stereocenters. The molecule has 18 heavy (non-hydrogen) atoms. The summed E-state index contributed by atoms with van der Waals surface area (Å²) in [4.78, 5) is 0. The molecule has 1 N–H and O–H groups in total. The fourth-order valence-corrected chi connectivity index (χ4v) is 3.65. The van der Waals surface area contributed by atoms with Crippen LogP contribution in [0.2, 0.25) is 0 Å². The Morgan fingerprint density at radius 2 is 1.94 bits per heavy atom. The Morgan fingerprint density at radius 1 is 1.22 bits per heavy atom. The van der Waals surface area contributed by atoms with Gasteiger partial charge in [-0.25, -0.2) is 0 Å². The summed E-state index contributed by atoms with van der Waals surface area (Å²) in [5, 5.41) is 3.58. The SMILES string of the molecule is CNC(c1ccccc1C)C1CCCCC1(C)C. The van der Waals surface area contributed by atoms with Gasteiger partial charge >= 0.3 is 0 Å². The molecule has 1 nitrogen and oxygen atoms in total. The Balaban J connectivity index is 2.31. The molecule has 0 saturated heterocycles. The molecule has 1 aromatic carbocycles. The monoisotopic (exact) mass is 245 g/mol. The fourth-order valence-electron chi connectivity index (χ4n) is 3.65. The van der Waals surface area contributed by atoms with E-state index in [4.69, 9.17) is 0 Å². The van der Waals surface area contributed by atoms with Gasteiger partial charge in [-0.3, -0.25) is 0 Å². The minimum Gasteiger partial charge on any atom is -0.313 e. The summed E-state index contributed by atoms with van der Waals surface area (Å²) < 4.78 is 0. The van der Waals surface area contributed by atoms with Crippen molar-refractivity contribution in [1.29, 1.82) is 0 Å². The molecule has 1 saturated carbocycles. The summed E-state index contributed by atoms with van der Waals surface area (Å²) in [5.74, 6) is 0.748. The smallest absolute Gasteiger partial charge is 0.0353 e. The summed E-state index contributed by atoms with van der Waals surface area (Å²) in [6.07, 6.45) is 5.50. The Hall–Kier alpha value is -0.820. The van der Waals surface area contributed by atoms with Crippen molar-refractivity contribution in [3.05, 3.63) is 35.4 Å². The lowest BCUT2D eigenvalue weighted by Crippen LogP contribution is -2.38. The molecule has 2 unspecified atom stereocenters. The van der Waals surface area contributed by atoms with Gasteiger partial charge in [0, 0.05) is 6.04 Å². The van der Waals surface area contributed by atoms with E-state index in [0.717, 1.165) is 5.92 Å². The zero-order chi connectivity index (χ0) is 13.2. The van der Waals surface area contributed by atoms with E-state index in [9.17, 15) is 0 Å². The molecule has 1 fully saturated rings. The predicted molar refractivity (Wildman–Crippen MR) is 78.7 cm³/mol. The molecule has 1 aliphatic rings. The minimum absolute atomic E-state index is 0.453. The Labute approximate surface area is 112 Å². The first-order valence-electron chi connectivity index (χ1n) is 7.29. The maximum Gasteiger partial charge on any atom is 0.0353 e. The third-order valence-electron chi connectivity index (χ3n) is 4.83. The van der Waals surface area contributed by atoms with Crippen LogP contribution in [0, 0.1) is 18.3 Å². The maximum absolute atomic E-state index is 3.58. The molecule has 0 bridgehead atoms. The zero-order valence-electron chi connectivity index (χ0n) is 12.3. The molecular weight excluding hydrogens is 218 g/mol. The van der Waals surface area contributed by atoms with Crippen molar-refractivity contribution in [2.45, 2.75) is 52.5 Å². The lowest BCUT2D eigenvalue weighted by Gasteiger charge is -2.43. The van der Waals surface area contributed by atoms with Gasteiger partial charge in [-0.15, -0.1) is 0 Å². The highest BCUT2D eigenvalue weighted by atomic mass is 14.9. The van der Waals surface area contributed by atoms with Crippen LogP contribution < -0.4 is 5.32 Å². The molecule has 0 radical (unpaired) electrons. The summed E-state index contributed by atoms with van der Waals surface area (Å²) in [6.45, 7) is 7.12. The van der Waals surface area contributed by atoms with Crippen LogP contribution in [0.5, 0.6) is 0 Å². The maximum atomic E-state index is 3.58. The summed E-state index contributed by atoms with van der Waals surface area (Å²) in [7, 11) is 2.11. The molecule has 100 valence electrons. The molecule has 0 amide bonds. The third kappa shape index (κ3) is 2.61. The van der Waals surface area contributed by atoms with Crippen molar-refractivity contribution in [1.82, 2.24) is 5.32 Å². The van der Waals surface area contributed by atoms with Crippen LogP contribution in [-0.4, -0.2) is 7.05 Å². The van der Waals surface area contributed by atoms with Crippen molar-refractivity contribution >= 4 is 0 Å². The van der Waals surface area contributed by atoms with E-state index >= 15 is 0 Å². The highest BCUT2D eigenvalue weighted by Gasteiger charge is 2.37. The van der Waals surface area contributed by atoms with E-state index < -0.39 is 0 Å². The molecule has 1 aromatic rings. The van der Waals surface area contributed by atoms with Gasteiger partial charge in [0.05, 0.1) is 0 Å². The van der Waals surface area contributed by atoms with Gasteiger partial charge in [-0.05, 0) is 49.3 Å². The highest BCUT2D eigenvalue weighted by Crippen LogP contribution is 2.47. The average Bonchev–Trinajstić information content (AvgIpc) is 2.34. The molecule has 0 aliphatic heterocycles. The summed E-state index contributed by atoms with van der Waals surface area (Å²) in [5.41, 5.74) is 3.35. The predicted octanol–water partition coefficient (Wildman–Crippen LogP) is 4.47. The van der Waals surface area contributed by atoms with E-state index in [1.807, 2.05) is 0 Å². The lowest BCUT2D eigenvalue weighted by molar-refractivity contribution is 0.101. The first-order valence-corrected chi connectivity index (χ1v) is 7.29. The van der Waals surface area contributed by atoms with Gasteiger partial charge in [-0.1, -0.05) is 51.0 Å². The summed E-state index contributed by atoms with van der Waals surface area (Å²) >= 11 is 0. The van der Waals surface area contributed by atoms with Gasteiger partial charge in [0.2, 0.25) is 0 Å². The van der Waals surface area contributed by atoms with Crippen molar-refractivity contribution in [2.24, 2.45) is 11.3 Å². The van der Waals surface area contributed by atoms with Crippen LogP contribution in [0.15, 0.2) is 24.3 Å². The number of hydrogen-bond donors (Lipinski definition) is 1. The van der Waals surface area contributed by atoms with E-state index in [-0.39, 0.29) is 0 Å². The molecule has 1 heteroatoms. The van der Waals surface area contributed by atoms with E-state index in [1.54, 1.807) is 0 Å². The van der Waals surface area contributed by atoms with Crippen LogP contribution in [0.25, 0.3) is 0 Å². The molecule has 0 aromatic heterocycles. The first kappa shape index (κ1) is 13.6. The number of hydrogen-bond acceptors (Lipinski definition) is 1. The number of aryl methyl sites for hydroxylation is 1. The van der Waals surface area contributed by atoms with Crippen LogP contribution in [0.3, 0.4) is 0 Å². The van der Waals surface area contributed by atoms with Gasteiger partial charge in [-0.2, -0.15) is 0 Å². The third-order valence-corrected chi connectivity index (χ3v) is 4.83. The van der Waals surface area contributed by atoms with Crippen LogP contribution in [0.1, 0.15) is 56.7 Å². The van der Waals surface area contributed by atoms with Crippen molar-refractivity contribution < 1.29 is 0 Å². The van der Waals surface area contributed by atoms with Gasteiger partial charge in [0.25, 0.3) is 0 Å². The molecule has 0 spiro atoms. The summed E-state index contributed by atoms with van der Waals surface area (Å²) in [6, 6.07) is 9.33. The molecular formula is C17H27N. The van der Waals surface area contributed by atoms with Gasteiger partial charge in [0.15, 0.2) is 0 Å². The first-order chi connectivity index (χ1) is 8.56. The largest absolute Gasteiger partial charge is 0.313 e. The zero-order valence-corrected chi connectivity index (χ0v) is 12.3. The van der Waals surface area contributed by atoms with Gasteiger partial charge < -0.3 is 5.32 Å².